The van der Waals surface area contributed by atoms with Crippen LogP contribution in [0.5, 0.6) is 0 Å². The highest BCUT2D eigenvalue weighted by atomic mass is 32.2. The van der Waals surface area contributed by atoms with Gasteiger partial charge in [-0.15, -0.1) is 0 Å². The van der Waals surface area contributed by atoms with E-state index in [9.17, 15) is 0 Å². The van der Waals surface area contributed by atoms with Crippen molar-refractivity contribution in [2.24, 2.45) is 0 Å². The third kappa shape index (κ3) is 2.66. The zero-order valence-corrected chi connectivity index (χ0v) is 11.8. The fourth-order valence-electron chi connectivity index (χ4n) is 1.49. The van der Waals surface area contributed by atoms with Crippen molar-refractivity contribution >= 4 is 40.3 Å². The van der Waals surface area contributed by atoms with Crippen LogP contribution in [0.25, 0.3) is 11.0 Å². The lowest BCUT2D eigenvalue weighted by Crippen LogP contribution is -2.05. The van der Waals surface area contributed by atoms with Crippen LogP contribution in [-0.4, -0.2) is 36.1 Å². The molecule has 98 valence electrons. The number of nitrogens with one attached hydrogen (secondary N) is 2. The maximum absolute atomic E-state index is 4.51. The third-order valence-corrected chi connectivity index (χ3v) is 4.05. The Labute approximate surface area is 117 Å². The lowest BCUT2D eigenvalue weighted by Gasteiger charge is -2.05. The zero-order valence-electron chi connectivity index (χ0n) is 10.1. The molecule has 0 saturated heterocycles. The van der Waals surface area contributed by atoms with Crippen LogP contribution in [0.15, 0.2) is 21.9 Å². The lowest BCUT2D eigenvalue weighted by molar-refractivity contribution is 0.943. The van der Waals surface area contributed by atoms with Gasteiger partial charge in [0, 0.05) is 6.54 Å². The molecule has 0 aromatic carbocycles. The monoisotopic (exact) mass is 293 g/mol. The van der Waals surface area contributed by atoms with Crippen LogP contribution in [0, 0.1) is 0 Å². The Morgan fingerprint density at radius 3 is 3.16 bits per heavy atom. The van der Waals surface area contributed by atoms with Gasteiger partial charge in [-0.3, -0.25) is 5.10 Å². The molecule has 0 radical (unpaired) electrons. The van der Waals surface area contributed by atoms with Gasteiger partial charge in [-0.1, -0.05) is 6.92 Å². The number of nitrogens with zero attached hydrogens (tertiary/aromatic N) is 5. The van der Waals surface area contributed by atoms with Crippen LogP contribution in [-0.2, 0) is 0 Å². The molecule has 0 spiro atoms. The van der Waals surface area contributed by atoms with Crippen LogP contribution >= 0.6 is 23.3 Å². The molecule has 0 unspecified atom stereocenters. The van der Waals surface area contributed by atoms with Crippen molar-refractivity contribution in [1.82, 2.24) is 29.5 Å². The Balaban J connectivity index is 1.97. The van der Waals surface area contributed by atoms with E-state index in [0.29, 0.717) is 5.95 Å². The standard InChI is InChI=1S/C10H11N7S2/c1-2-3-11-9-15-7-6(4-13-17-7)8(16-9)18-10-12-5-14-19-10/h4-5H,2-3H2,1H3,(H2,11,13,15,16,17). The number of rotatable bonds is 5. The molecule has 3 rings (SSSR count). The predicted octanol–water partition coefficient (Wildman–Crippen LogP) is 2.18. The van der Waals surface area contributed by atoms with E-state index in [1.807, 2.05) is 0 Å². The maximum Gasteiger partial charge on any atom is 0.225 e. The summed E-state index contributed by atoms with van der Waals surface area (Å²) in [5.74, 6) is 0.602. The average molecular weight is 293 g/mol. The van der Waals surface area contributed by atoms with Crippen LogP contribution in [0.1, 0.15) is 13.3 Å². The average Bonchev–Trinajstić information content (AvgIpc) is 3.06. The summed E-state index contributed by atoms with van der Waals surface area (Å²) in [6.45, 7) is 2.93. The smallest absolute Gasteiger partial charge is 0.225 e. The number of anilines is 1. The van der Waals surface area contributed by atoms with E-state index < -0.39 is 0 Å². The highest BCUT2D eigenvalue weighted by Gasteiger charge is 2.12. The van der Waals surface area contributed by atoms with Crippen molar-refractivity contribution < 1.29 is 0 Å². The van der Waals surface area contributed by atoms with Gasteiger partial charge in [0.25, 0.3) is 0 Å². The van der Waals surface area contributed by atoms with Gasteiger partial charge < -0.3 is 5.32 Å². The number of fused-ring (bicyclic) bond motifs is 1. The third-order valence-electron chi connectivity index (χ3n) is 2.33. The Bertz CT molecular complexity index is 664. The van der Waals surface area contributed by atoms with E-state index in [1.165, 1.54) is 29.6 Å². The maximum atomic E-state index is 4.51. The Kier molecular flexibility index (Phi) is 3.56. The number of aromatic amines is 1. The quantitative estimate of drug-likeness (QED) is 0.696. The molecule has 2 N–H and O–H groups in total. The molecule has 7 nitrogen and oxygen atoms in total. The molecule has 0 atom stereocenters. The van der Waals surface area contributed by atoms with Gasteiger partial charge in [0.05, 0.1) is 11.6 Å². The van der Waals surface area contributed by atoms with Gasteiger partial charge in [-0.25, -0.2) is 9.97 Å². The van der Waals surface area contributed by atoms with E-state index in [1.54, 1.807) is 6.20 Å². The molecule has 0 bridgehead atoms. The van der Waals surface area contributed by atoms with Gasteiger partial charge in [0.2, 0.25) is 5.95 Å². The van der Waals surface area contributed by atoms with Gasteiger partial charge in [0.15, 0.2) is 9.99 Å². The summed E-state index contributed by atoms with van der Waals surface area (Å²) in [6, 6.07) is 0. The molecular formula is C10H11N7S2. The second-order valence-electron chi connectivity index (χ2n) is 3.72. The second kappa shape index (κ2) is 5.49. The van der Waals surface area contributed by atoms with Crippen LogP contribution in [0.4, 0.5) is 5.95 Å². The molecule has 0 aliphatic carbocycles. The predicted molar refractivity (Wildman–Crippen MR) is 74.5 cm³/mol. The first-order chi connectivity index (χ1) is 9.36. The van der Waals surface area contributed by atoms with Crippen molar-refractivity contribution in [2.45, 2.75) is 22.7 Å². The summed E-state index contributed by atoms with van der Waals surface area (Å²) in [5.41, 5.74) is 0.723. The first-order valence-electron chi connectivity index (χ1n) is 5.76. The molecule has 9 heteroatoms. The normalized spacial score (nSPS) is 11.0. The fraction of sp³-hybridized carbons (Fsp3) is 0.300. The van der Waals surface area contributed by atoms with Crippen LogP contribution in [0.3, 0.4) is 0 Å². The minimum Gasteiger partial charge on any atom is -0.354 e. The molecule has 3 heterocycles. The first kappa shape index (κ1) is 12.3. The number of hydrogen-bond acceptors (Lipinski definition) is 8. The number of aromatic nitrogens is 6. The molecule has 3 aromatic rings. The van der Waals surface area contributed by atoms with Gasteiger partial charge in [0.1, 0.15) is 11.4 Å². The van der Waals surface area contributed by atoms with E-state index >= 15 is 0 Å². The largest absolute Gasteiger partial charge is 0.354 e. The van der Waals surface area contributed by atoms with Crippen molar-refractivity contribution in [3.05, 3.63) is 12.5 Å². The minimum atomic E-state index is 0.602. The summed E-state index contributed by atoms with van der Waals surface area (Å²) in [6.07, 6.45) is 4.28. The number of hydrogen-bond donors (Lipinski definition) is 2. The van der Waals surface area contributed by atoms with E-state index in [2.05, 4.69) is 41.8 Å². The van der Waals surface area contributed by atoms with Crippen molar-refractivity contribution in [1.29, 1.82) is 0 Å². The molecule has 0 amide bonds. The second-order valence-corrected chi connectivity index (χ2v) is 5.74. The molecule has 3 aromatic heterocycles. The van der Waals surface area contributed by atoms with Gasteiger partial charge in [-0.05, 0) is 29.7 Å². The lowest BCUT2D eigenvalue weighted by atomic mass is 10.4. The highest BCUT2D eigenvalue weighted by Crippen LogP contribution is 2.31. The molecule has 0 aliphatic rings. The van der Waals surface area contributed by atoms with E-state index in [0.717, 1.165) is 33.4 Å². The number of H-pyrrole nitrogens is 1. The fourth-order valence-corrected chi connectivity index (χ4v) is 2.94. The van der Waals surface area contributed by atoms with Gasteiger partial charge in [-0.2, -0.15) is 14.5 Å². The minimum absolute atomic E-state index is 0.602. The Morgan fingerprint density at radius 2 is 2.37 bits per heavy atom. The first-order valence-corrected chi connectivity index (χ1v) is 7.35. The summed E-state index contributed by atoms with van der Waals surface area (Å²) < 4.78 is 4.84. The van der Waals surface area contributed by atoms with Gasteiger partial charge >= 0.3 is 0 Å². The van der Waals surface area contributed by atoms with Crippen molar-refractivity contribution in [2.75, 3.05) is 11.9 Å². The Hall–Kier alpha value is -1.74. The molecule has 19 heavy (non-hydrogen) atoms. The zero-order chi connectivity index (χ0) is 13.1. The van der Waals surface area contributed by atoms with E-state index in [4.69, 9.17) is 0 Å². The summed E-state index contributed by atoms with van der Waals surface area (Å²) >= 11 is 2.81. The highest BCUT2D eigenvalue weighted by molar-refractivity contribution is 8.01. The summed E-state index contributed by atoms with van der Waals surface area (Å²) in [5, 5.41) is 11.8. The van der Waals surface area contributed by atoms with Crippen molar-refractivity contribution in [3.63, 3.8) is 0 Å². The molecule has 0 aliphatic heterocycles. The topological polar surface area (TPSA) is 92.3 Å². The summed E-state index contributed by atoms with van der Waals surface area (Å²) in [7, 11) is 0. The van der Waals surface area contributed by atoms with Crippen molar-refractivity contribution in [3.8, 4) is 0 Å². The molecular weight excluding hydrogens is 282 g/mol. The van der Waals surface area contributed by atoms with Crippen LogP contribution in [0.2, 0.25) is 0 Å². The Morgan fingerprint density at radius 1 is 1.42 bits per heavy atom. The SMILES string of the molecule is CCCNc1nc(Sc2ncns2)c2cn[nH]c2n1. The van der Waals surface area contributed by atoms with E-state index in [-0.39, 0.29) is 0 Å². The molecule has 0 fully saturated rings. The van der Waals surface area contributed by atoms with Crippen LogP contribution < -0.4 is 5.32 Å². The summed E-state index contributed by atoms with van der Waals surface area (Å²) in [4.78, 5) is 13.0. The molecule has 0 saturated carbocycles.